The van der Waals surface area contributed by atoms with E-state index in [0.29, 0.717) is 31.3 Å². The van der Waals surface area contributed by atoms with Gasteiger partial charge in [0.2, 0.25) is 5.91 Å². The number of para-hydroxylation sites is 1. The molecule has 8 nitrogen and oxygen atoms in total. The molecule has 1 aliphatic heterocycles. The van der Waals surface area contributed by atoms with E-state index in [2.05, 4.69) is 10.6 Å². The number of benzene rings is 1. The molecule has 0 bridgehead atoms. The molecular weight excluding hydrogens is 386 g/mol. The Bertz CT molecular complexity index is 694. The molecule has 0 saturated carbocycles. The van der Waals surface area contributed by atoms with Crippen molar-refractivity contribution in [3.8, 4) is 5.75 Å². The SMILES string of the molecule is CC(C)(C)OC(=O)NCCC(=O)NCC1CCN(C(=O)COc2ccccc2)CC1. The number of piperidine rings is 1. The third kappa shape index (κ3) is 9.15. The molecule has 0 radical (unpaired) electrons. The molecule has 1 aromatic carbocycles. The molecule has 2 N–H and O–H groups in total. The first-order valence-electron chi connectivity index (χ1n) is 10.4. The van der Waals surface area contributed by atoms with E-state index in [0.717, 1.165) is 12.8 Å². The first kappa shape index (κ1) is 23.5. The van der Waals surface area contributed by atoms with Gasteiger partial charge < -0.3 is 25.0 Å². The summed E-state index contributed by atoms with van der Waals surface area (Å²) in [5, 5.41) is 5.48. The van der Waals surface area contributed by atoms with Gasteiger partial charge in [-0.2, -0.15) is 0 Å². The van der Waals surface area contributed by atoms with Crippen molar-refractivity contribution in [3.05, 3.63) is 30.3 Å². The van der Waals surface area contributed by atoms with Gasteiger partial charge in [-0.1, -0.05) is 18.2 Å². The van der Waals surface area contributed by atoms with Crippen LogP contribution in [0.1, 0.15) is 40.0 Å². The van der Waals surface area contributed by atoms with E-state index in [1.54, 1.807) is 20.8 Å². The topological polar surface area (TPSA) is 97.0 Å². The molecule has 0 spiro atoms. The number of ether oxygens (including phenoxy) is 2. The maximum Gasteiger partial charge on any atom is 0.407 e. The number of nitrogens with zero attached hydrogens (tertiary/aromatic N) is 1. The standard InChI is InChI=1S/C22H33N3O5/c1-22(2,3)30-21(28)23-12-9-19(26)24-15-17-10-13-25(14-11-17)20(27)16-29-18-7-5-4-6-8-18/h4-8,17H,9-16H2,1-3H3,(H,23,28)(H,24,26). The number of alkyl carbamates (subject to hydrolysis) is 1. The fourth-order valence-electron chi connectivity index (χ4n) is 3.08. The van der Waals surface area contributed by atoms with Crippen LogP contribution in [0.15, 0.2) is 30.3 Å². The number of amides is 3. The van der Waals surface area contributed by atoms with Crippen LogP contribution in [0, 0.1) is 5.92 Å². The maximum atomic E-state index is 12.3. The van der Waals surface area contributed by atoms with Crippen molar-refractivity contribution >= 4 is 17.9 Å². The molecule has 3 amide bonds. The highest BCUT2D eigenvalue weighted by molar-refractivity contribution is 5.78. The minimum Gasteiger partial charge on any atom is -0.484 e. The molecular formula is C22H33N3O5. The van der Waals surface area contributed by atoms with Crippen LogP contribution in [0.3, 0.4) is 0 Å². The van der Waals surface area contributed by atoms with E-state index in [-0.39, 0.29) is 31.4 Å². The molecule has 0 unspecified atom stereocenters. The molecule has 1 heterocycles. The number of hydrogen-bond donors (Lipinski definition) is 2. The molecule has 0 aliphatic carbocycles. The van der Waals surface area contributed by atoms with Gasteiger partial charge in [0, 0.05) is 32.6 Å². The first-order valence-corrected chi connectivity index (χ1v) is 10.4. The van der Waals surface area contributed by atoms with Gasteiger partial charge in [-0.05, 0) is 51.7 Å². The van der Waals surface area contributed by atoms with E-state index in [1.807, 2.05) is 35.2 Å². The van der Waals surface area contributed by atoms with Gasteiger partial charge in [0.25, 0.3) is 5.91 Å². The van der Waals surface area contributed by atoms with Crippen LogP contribution >= 0.6 is 0 Å². The molecule has 1 fully saturated rings. The lowest BCUT2D eigenvalue weighted by atomic mass is 9.96. The molecule has 1 aromatic rings. The molecule has 30 heavy (non-hydrogen) atoms. The number of nitrogens with one attached hydrogen (secondary N) is 2. The van der Waals surface area contributed by atoms with Crippen molar-refractivity contribution in [2.45, 2.75) is 45.6 Å². The van der Waals surface area contributed by atoms with Crippen molar-refractivity contribution in [2.24, 2.45) is 5.92 Å². The average molecular weight is 420 g/mol. The van der Waals surface area contributed by atoms with Gasteiger partial charge in [-0.3, -0.25) is 9.59 Å². The minimum absolute atomic E-state index is 0.0189. The summed E-state index contributed by atoms with van der Waals surface area (Å²) in [5.41, 5.74) is -0.559. The second-order valence-corrected chi connectivity index (χ2v) is 8.41. The van der Waals surface area contributed by atoms with E-state index in [9.17, 15) is 14.4 Å². The summed E-state index contributed by atoms with van der Waals surface area (Å²) in [6.45, 7) is 7.53. The van der Waals surface area contributed by atoms with Gasteiger partial charge >= 0.3 is 6.09 Å². The smallest absolute Gasteiger partial charge is 0.407 e. The van der Waals surface area contributed by atoms with Crippen LogP contribution in [0.5, 0.6) is 5.75 Å². The summed E-state index contributed by atoms with van der Waals surface area (Å²) >= 11 is 0. The van der Waals surface area contributed by atoms with Gasteiger partial charge in [-0.15, -0.1) is 0 Å². The van der Waals surface area contributed by atoms with Crippen molar-refractivity contribution in [1.29, 1.82) is 0 Å². The van der Waals surface area contributed by atoms with Crippen LogP contribution in [0.4, 0.5) is 4.79 Å². The molecule has 1 aliphatic rings. The van der Waals surface area contributed by atoms with Crippen molar-refractivity contribution < 1.29 is 23.9 Å². The van der Waals surface area contributed by atoms with E-state index >= 15 is 0 Å². The predicted octanol–water partition coefficient (Wildman–Crippen LogP) is 2.34. The molecule has 1 saturated heterocycles. The average Bonchev–Trinajstić information content (AvgIpc) is 2.70. The second kappa shape index (κ2) is 11.4. The predicted molar refractivity (Wildman–Crippen MR) is 113 cm³/mol. The van der Waals surface area contributed by atoms with Gasteiger partial charge in [0.1, 0.15) is 11.4 Å². The number of hydrogen-bond acceptors (Lipinski definition) is 5. The lowest BCUT2D eigenvalue weighted by molar-refractivity contribution is -0.135. The third-order valence-corrected chi connectivity index (χ3v) is 4.68. The summed E-state index contributed by atoms with van der Waals surface area (Å²) in [6, 6.07) is 9.28. The maximum absolute atomic E-state index is 12.3. The summed E-state index contributed by atoms with van der Waals surface area (Å²) in [7, 11) is 0. The second-order valence-electron chi connectivity index (χ2n) is 8.41. The summed E-state index contributed by atoms with van der Waals surface area (Å²) < 4.78 is 10.6. The Morgan fingerprint density at radius 1 is 1.07 bits per heavy atom. The monoisotopic (exact) mass is 419 g/mol. The molecule has 8 heteroatoms. The zero-order valence-electron chi connectivity index (χ0n) is 18.1. The summed E-state index contributed by atoms with van der Waals surface area (Å²) in [6.07, 6.45) is 1.36. The fraction of sp³-hybridized carbons (Fsp3) is 0.591. The fourth-order valence-corrected chi connectivity index (χ4v) is 3.08. The summed E-state index contributed by atoms with van der Waals surface area (Å²) in [4.78, 5) is 37.6. The Kier molecular flexibility index (Phi) is 8.95. The van der Waals surface area contributed by atoms with Crippen LogP contribution in [-0.4, -0.2) is 61.2 Å². The summed E-state index contributed by atoms with van der Waals surface area (Å²) in [5.74, 6) is 0.895. The van der Waals surface area contributed by atoms with E-state index in [4.69, 9.17) is 9.47 Å². The Morgan fingerprint density at radius 2 is 1.73 bits per heavy atom. The van der Waals surface area contributed by atoms with Gasteiger partial charge in [0.15, 0.2) is 6.61 Å². The quantitative estimate of drug-likeness (QED) is 0.674. The Labute approximate surface area is 178 Å². The van der Waals surface area contributed by atoms with Crippen molar-refractivity contribution in [1.82, 2.24) is 15.5 Å². The van der Waals surface area contributed by atoms with E-state index in [1.165, 1.54) is 0 Å². The zero-order chi connectivity index (χ0) is 22.0. The Balaban J connectivity index is 1.56. The Morgan fingerprint density at radius 3 is 2.37 bits per heavy atom. The first-order chi connectivity index (χ1) is 14.2. The lowest BCUT2D eigenvalue weighted by Crippen LogP contribution is -2.43. The number of carbonyl (C=O) groups excluding carboxylic acids is 3. The van der Waals surface area contributed by atoms with Crippen LogP contribution in [0.2, 0.25) is 0 Å². The highest BCUT2D eigenvalue weighted by atomic mass is 16.6. The van der Waals surface area contributed by atoms with Crippen LogP contribution in [0.25, 0.3) is 0 Å². The van der Waals surface area contributed by atoms with E-state index < -0.39 is 11.7 Å². The zero-order valence-corrected chi connectivity index (χ0v) is 18.1. The number of carbonyl (C=O) groups is 3. The van der Waals surface area contributed by atoms with Gasteiger partial charge in [-0.25, -0.2) is 4.79 Å². The minimum atomic E-state index is -0.559. The third-order valence-electron chi connectivity index (χ3n) is 4.68. The lowest BCUT2D eigenvalue weighted by Gasteiger charge is -2.32. The number of rotatable bonds is 8. The molecule has 2 rings (SSSR count). The highest BCUT2D eigenvalue weighted by Crippen LogP contribution is 2.17. The molecule has 0 aromatic heterocycles. The van der Waals surface area contributed by atoms with Crippen LogP contribution < -0.4 is 15.4 Å². The number of likely N-dealkylation sites (tertiary alicyclic amines) is 1. The molecule has 166 valence electrons. The largest absolute Gasteiger partial charge is 0.484 e. The van der Waals surface area contributed by atoms with Crippen molar-refractivity contribution in [2.75, 3.05) is 32.8 Å². The van der Waals surface area contributed by atoms with Crippen LogP contribution in [-0.2, 0) is 14.3 Å². The van der Waals surface area contributed by atoms with Crippen molar-refractivity contribution in [3.63, 3.8) is 0 Å². The molecule has 0 atom stereocenters. The normalized spacial score (nSPS) is 14.7. The Hall–Kier alpha value is -2.77. The van der Waals surface area contributed by atoms with Gasteiger partial charge in [0.05, 0.1) is 0 Å². The highest BCUT2D eigenvalue weighted by Gasteiger charge is 2.23.